The summed E-state index contributed by atoms with van der Waals surface area (Å²) in [5.41, 5.74) is 0. The standard InChI is InChI=1S/C17H22.C15H20.C12H16.C12H18.C8H12.C7H10/c1-2-9-5-8(1)14-12-7-13(15(9)14)17-11-4-3-10(6-11)16(12)17;1-3-10-5-8(1)12-7-13-9-2-4-11(6-9)15(13)14(10)12;1-2-8-5-7(1)11-9-3-4-10(6-9)12(8)11;1-8-3-2-4-11-9-5-6-10(7-9)12(8)11;1-6-4-7-2-3-8(6)5-7;1-2-7-4-3-6(1)5-7/h1-2,8-17H,3-7H2;1,3,8-15H,2,4-7H2;1-2,7-12H,3-6H2;5-6,8-12H,2-4,7H2,1H3;2-3,6-8H,4-5H2,1H3;1-2,6-7H,3-5H2. The Morgan fingerprint density at radius 1 is 0.211 bits per heavy atom. The van der Waals surface area contributed by atoms with Gasteiger partial charge in [-0.3, -0.25) is 0 Å². The molecule has 0 amide bonds. The number of allylic oxidation sites excluding steroid dienone is 12. The van der Waals surface area contributed by atoms with E-state index in [1.807, 2.05) is 0 Å². The Hall–Kier alpha value is -1.56. The van der Waals surface area contributed by atoms with Gasteiger partial charge in [0.15, 0.2) is 0 Å². The summed E-state index contributed by atoms with van der Waals surface area (Å²) in [4.78, 5) is 0. The minimum Gasteiger partial charge on any atom is -0.0851 e. The van der Waals surface area contributed by atoms with Gasteiger partial charge in [0.05, 0.1) is 0 Å². The molecular weight excluding hydrogens is 853 g/mol. The molecule has 71 heavy (non-hydrogen) atoms. The van der Waals surface area contributed by atoms with Crippen molar-refractivity contribution in [3.05, 3.63) is 72.9 Å². The quantitative estimate of drug-likeness (QED) is 0.168. The summed E-state index contributed by atoms with van der Waals surface area (Å²) in [6.07, 6.45) is 65.7. The van der Waals surface area contributed by atoms with Crippen LogP contribution in [0.5, 0.6) is 0 Å². The largest absolute Gasteiger partial charge is 0.0851 e. The molecular formula is C71H98. The minimum atomic E-state index is 0.958. The van der Waals surface area contributed by atoms with Gasteiger partial charge in [-0.1, -0.05) is 99.6 Å². The SMILES string of the molecule is C1=CC2CC1C1C3CC(C21)C1C2CCC(C2)C31.C1=CC2CC1C1C3CCC(C3)C21.C1=CC2CC1C1CC3C4CCC(C4)C3C21.C1=CC2CCC1C2.CC1CC2C=CC1C2.CC1CCCC2C3C=CC(C3)C12. The van der Waals surface area contributed by atoms with Gasteiger partial charge in [-0.05, 0) is 336 Å². The van der Waals surface area contributed by atoms with Gasteiger partial charge in [0.1, 0.15) is 0 Å². The van der Waals surface area contributed by atoms with Crippen LogP contribution in [0.3, 0.4) is 0 Å². The molecule has 0 nitrogen and oxygen atoms in total. The summed E-state index contributed by atoms with van der Waals surface area (Å²) in [5, 5.41) is 0. The molecule has 0 heteroatoms. The van der Waals surface area contributed by atoms with Crippen molar-refractivity contribution in [2.24, 2.45) is 201 Å². The van der Waals surface area contributed by atoms with Crippen LogP contribution in [-0.2, 0) is 0 Å². The highest BCUT2D eigenvalue weighted by atomic mass is 14.7. The van der Waals surface area contributed by atoms with Gasteiger partial charge in [-0.15, -0.1) is 0 Å². The van der Waals surface area contributed by atoms with Crippen molar-refractivity contribution < 1.29 is 0 Å². The van der Waals surface area contributed by atoms with Crippen molar-refractivity contribution in [1.82, 2.24) is 0 Å². The van der Waals surface area contributed by atoms with E-state index in [1.54, 1.807) is 77.0 Å². The lowest BCUT2D eigenvalue weighted by molar-refractivity contribution is 0.0505. The first kappa shape index (κ1) is 44.6. The minimum absolute atomic E-state index is 0.958. The first-order chi connectivity index (χ1) is 34.9. The molecule has 0 saturated heterocycles. The lowest BCUT2D eigenvalue weighted by atomic mass is 9.61. The van der Waals surface area contributed by atoms with E-state index < -0.39 is 0 Å². The molecule has 0 N–H and O–H groups in total. The maximum Gasteiger partial charge on any atom is -0.0194 e. The summed E-state index contributed by atoms with van der Waals surface area (Å²) < 4.78 is 0. The van der Waals surface area contributed by atoms with Crippen LogP contribution in [0.4, 0.5) is 0 Å². The molecule has 34 unspecified atom stereocenters. The maximum absolute atomic E-state index is 2.61. The summed E-state index contributed by atoms with van der Waals surface area (Å²) >= 11 is 0. The lowest BCUT2D eigenvalue weighted by Crippen LogP contribution is -2.39. The van der Waals surface area contributed by atoms with Gasteiger partial charge >= 0.3 is 0 Å². The Bertz CT molecular complexity index is 2150. The Morgan fingerprint density at radius 3 is 1.11 bits per heavy atom. The highest BCUT2D eigenvalue weighted by Crippen LogP contribution is 2.76. The van der Waals surface area contributed by atoms with Crippen molar-refractivity contribution in [3.8, 4) is 0 Å². The summed E-state index contributed by atoms with van der Waals surface area (Å²) in [5.74, 6) is 37.3. The van der Waals surface area contributed by atoms with Crippen molar-refractivity contribution in [1.29, 1.82) is 0 Å². The van der Waals surface area contributed by atoms with E-state index in [-0.39, 0.29) is 0 Å². The zero-order valence-corrected chi connectivity index (χ0v) is 44.8. The van der Waals surface area contributed by atoms with Crippen LogP contribution in [0.2, 0.25) is 0 Å². The lowest BCUT2D eigenvalue weighted by Gasteiger charge is -2.44. The zero-order valence-electron chi connectivity index (χ0n) is 44.8. The van der Waals surface area contributed by atoms with E-state index in [0.29, 0.717) is 0 Å². The molecule has 382 valence electrons. The zero-order chi connectivity index (χ0) is 46.4. The van der Waals surface area contributed by atoms with E-state index >= 15 is 0 Å². The van der Waals surface area contributed by atoms with Gasteiger partial charge < -0.3 is 0 Å². The Morgan fingerprint density at radius 2 is 0.634 bits per heavy atom. The molecule has 22 aliphatic rings. The number of fused-ring (bicyclic) bond motifs is 45. The first-order valence-corrected chi connectivity index (χ1v) is 33.0. The van der Waals surface area contributed by atoms with Crippen LogP contribution in [0, 0.1) is 201 Å². The fraction of sp³-hybridized carbons (Fsp3) is 0.831. The normalized spacial score (nSPS) is 62.3. The number of hydrogen-bond donors (Lipinski definition) is 0. The van der Waals surface area contributed by atoms with E-state index in [1.165, 1.54) is 130 Å². The third-order valence-electron chi connectivity index (χ3n) is 29.5. The fourth-order valence-electron chi connectivity index (χ4n) is 27.6. The monoisotopic (exact) mass is 951 g/mol. The Kier molecular flexibility index (Phi) is 10.6. The van der Waals surface area contributed by atoms with E-state index in [0.717, 1.165) is 142 Å². The van der Waals surface area contributed by atoms with Gasteiger partial charge in [-0.2, -0.15) is 0 Å². The van der Waals surface area contributed by atoms with E-state index in [2.05, 4.69) is 86.8 Å². The molecule has 0 radical (unpaired) electrons. The molecule has 22 aliphatic carbocycles. The first-order valence-electron chi connectivity index (χ1n) is 33.0. The highest BCUT2D eigenvalue weighted by Gasteiger charge is 2.70. The third kappa shape index (κ3) is 6.82. The number of hydrogen-bond acceptors (Lipinski definition) is 0. The fourth-order valence-corrected chi connectivity index (χ4v) is 27.6. The molecule has 16 saturated carbocycles. The smallest absolute Gasteiger partial charge is 0.0194 e. The summed E-state index contributed by atoms with van der Waals surface area (Å²) in [7, 11) is 0. The van der Waals surface area contributed by atoms with Crippen LogP contribution in [0.25, 0.3) is 0 Å². The second-order valence-corrected chi connectivity index (χ2v) is 31.7. The van der Waals surface area contributed by atoms with Gasteiger partial charge in [-0.25, -0.2) is 0 Å². The van der Waals surface area contributed by atoms with Gasteiger partial charge in [0.2, 0.25) is 0 Å². The van der Waals surface area contributed by atoms with Crippen molar-refractivity contribution in [2.45, 2.75) is 162 Å². The maximum atomic E-state index is 2.61. The molecule has 0 aliphatic heterocycles. The van der Waals surface area contributed by atoms with Crippen molar-refractivity contribution in [3.63, 3.8) is 0 Å². The highest BCUT2D eigenvalue weighted by molar-refractivity contribution is 5.25. The average Bonchev–Trinajstić information content (AvgIpc) is 4.23. The van der Waals surface area contributed by atoms with Gasteiger partial charge in [0.25, 0.3) is 0 Å². The molecule has 0 heterocycles. The molecule has 0 aromatic heterocycles. The summed E-state index contributed by atoms with van der Waals surface area (Å²) in [6, 6.07) is 0. The van der Waals surface area contributed by atoms with E-state index in [4.69, 9.17) is 0 Å². The van der Waals surface area contributed by atoms with Crippen molar-refractivity contribution in [2.75, 3.05) is 0 Å². The van der Waals surface area contributed by atoms with Crippen LogP contribution in [-0.4, -0.2) is 0 Å². The second kappa shape index (κ2) is 17.0. The predicted molar refractivity (Wildman–Crippen MR) is 291 cm³/mol. The molecule has 34 atom stereocenters. The van der Waals surface area contributed by atoms with Crippen LogP contribution < -0.4 is 0 Å². The molecule has 0 spiro atoms. The third-order valence-corrected chi connectivity index (χ3v) is 29.5. The van der Waals surface area contributed by atoms with Crippen LogP contribution in [0.1, 0.15) is 162 Å². The summed E-state index contributed by atoms with van der Waals surface area (Å²) in [6.45, 7) is 4.85. The van der Waals surface area contributed by atoms with Crippen molar-refractivity contribution >= 4 is 0 Å². The Labute approximate surface area is 433 Å². The molecule has 20 bridgehead atoms. The van der Waals surface area contributed by atoms with Crippen LogP contribution in [0.15, 0.2) is 72.9 Å². The Balaban J connectivity index is 0.0000000728. The van der Waals surface area contributed by atoms with E-state index in [9.17, 15) is 0 Å². The van der Waals surface area contributed by atoms with Crippen LogP contribution >= 0.6 is 0 Å². The molecule has 0 aromatic carbocycles. The molecule has 0 aromatic rings. The average molecular weight is 952 g/mol. The molecule has 22 rings (SSSR count). The van der Waals surface area contributed by atoms with Gasteiger partial charge in [0, 0.05) is 0 Å². The second-order valence-electron chi connectivity index (χ2n) is 31.7. The predicted octanol–water partition coefficient (Wildman–Crippen LogP) is 17.5. The topological polar surface area (TPSA) is 0 Å². The molecule has 16 fully saturated rings. The number of rotatable bonds is 0.